The van der Waals surface area contributed by atoms with E-state index >= 15 is 0 Å². The fourth-order valence-electron chi connectivity index (χ4n) is 1.88. The molecule has 0 aromatic heterocycles. The quantitative estimate of drug-likeness (QED) is 0.733. The first-order valence-corrected chi connectivity index (χ1v) is 7.22. The lowest BCUT2D eigenvalue weighted by Gasteiger charge is -2.17. The van der Waals surface area contributed by atoms with Crippen molar-refractivity contribution < 1.29 is 9.59 Å². The lowest BCUT2D eigenvalue weighted by Crippen LogP contribution is -2.20. The Kier molecular flexibility index (Phi) is 6.13. The summed E-state index contributed by atoms with van der Waals surface area (Å²) in [4.78, 5) is 23.4. The number of rotatable bonds is 6. The van der Waals surface area contributed by atoms with E-state index in [0.717, 1.165) is 12.0 Å². The number of hydrogen-bond donors (Lipinski definition) is 0. The zero-order chi connectivity index (χ0) is 13.5. The van der Waals surface area contributed by atoms with Gasteiger partial charge in [-0.2, -0.15) is 0 Å². The van der Waals surface area contributed by atoms with Gasteiger partial charge in [-0.15, -0.1) is 0 Å². The number of carbonyl (C=O) groups is 2. The molecule has 0 N–H and O–H groups in total. The SMILES string of the molecule is CC(=O)SCC(CC(C)C)C(=O)c1ccccc1. The van der Waals surface area contributed by atoms with Gasteiger partial charge in [0.25, 0.3) is 0 Å². The summed E-state index contributed by atoms with van der Waals surface area (Å²) < 4.78 is 0. The maximum absolute atomic E-state index is 12.4. The Labute approximate surface area is 113 Å². The first-order chi connectivity index (χ1) is 8.50. The molecule has 1 aromatic carbocycles. The van der Waals surface area contributed by atoms with Crippen molar-refractivity contribution in [1.29, 1.82) is 0 Å². The van der Waals surface area contributed by atoms with Crippen molar-refractivity contribution in [1.82, 2.24) is 0 Å². The number of benzene rings is 1. The summed E-state index contributed by atoms with van der Waals surface area (Å²) in [5.41, 5.74) is 0.743. The molecule has 0 radical (unpaired) electrons. The molecule has 3 heteroatoms. The van der Waals surface area contributed by atoms with Crippen LogP contribution in [0.5, 0.6) is 0 Å². The molecule has 0 fully saturated rings. The van der Waals surface area contributed by atoms with E-state index in [4.69, 9.17) is 0 Å². The largest absolute Gasteiger partial charge is 0.294 e. The van der Waals surface area contributed by atoms with Crippen LogP contribution in [-0.4, -0.2) is 16.7 Å². The van der Waals surface area contributed by atoms with Gasteiger partial charge in [0.15, 0.2) is 10.9 Å². The van der Waals surface area contributed by atoms with Gasteiger partial charge < -0.3 is 0 Å². The van der Waals surface area contributed by atoms with E-state index in [-0.39, 0.29) is 16.8 Å². The minimum absolute atomic E-state index is 0.0682. The van der Waals surface area contributed by atoms with Crippen molar-refractivity contribution in [3.8, 4) is 0 Å². The molecule has 98 valence electrons. The van der Waals surface area contributed by atoms with Gasteiger partial charge in [0.05, 0.1) is 0 Å². The maximum Gasteiger partial charge on any atom is 0.185 e. The predicted octanol–water partition coefficient (Wildman–Crippen LogP) is 3.81. The molecule has 1 aromatic rings. The summed E-state index contributed by atoms with van der Waals surface area (Å²) >= 11 is 1.24. The zero-order valence-electron chi connectivity index (χ0n) is 11.2. The molecule has 0 aliphatic carbocycles. The van der Waals surface area contributed by atoms with Crippen molar-refractivity contribution in [3.05, 3.63) is 35.9 Å². The Hall–Kier alpha value is -1.09. The Morgan fingerprint density at radius 1 is 1.17 bits per heavy atom. The third-order valence-corrected chi connectivity index (χ3v) is 3.65. The molecule has 1 rings (SSSR count). The molecule has 1 unspecified atom stereocenters. The van der Waals surface area contributed by atoms with Crippen LogP contribution in [0.15, 0.2) is 30.3 Å². The van der Waals surface area contributed by atoms with Crippen LogP contribution in [0.4, 0.5) is 0 Å². The molecule has 1 atom stereocenters. The Balaban J connectivity index is 2.75. The first-order valence-electron chi connectivity index (χ1n) is 6.23. The lowest BCUT2D eigenvalue weighted by molar-refractivity contribution is -0.109. The van der Waals surface area contributed by atoms with E-state index < -0.39 is 0 Å². The van der Waals surface area contributed by atoms with Crippen LogP contribution in [0.3, 0.4) is 0 Å². The number of ketones is 1. The summed E-state index contributed by atoms with van der Waals surface area (Å²) in [7, 11) is 0. The van der Waals surface area contributed by atoms with E-state index in [1.165, 1.54) is 11.8 Å². The molecule has 0 bridgehead atoms. The molecule has 2 nitrogen and oxygen atoms in total. The van der Waals surface area contributed by atoms with Crippen LogP contribution >= 0.6 is 11.8 Å². The van der Waals surface area contributed by atoms with Crippen LogP contribution < -0.4 is 0 Å². The third-order valence-electron chi connectivity index (χ3n) is 2.67. The predicted molar refractivity (Wildman–Crippen MR) is 76.9 cm³/mol. The topological polar surface area (TPSA) is 34.1 Å². The zero-order valence-corrected chi connectivity index (χ0v) is 12.0. The summed E-state index contributed by atoms with van der Waals surface area (Å²) in [6.45, 7) is 5.75. The maximum atomic E-state index is 12.4. The molecule has 0 amide bonds. The van der Waals surface area contributed by atoms with Gasteiger partial charge in [-0.25, -0.2) is 0 Å². The summed E-state index contributed by atoms with van der Waals surface area (Å²) in [5.74, 6) is 1.12. The van der Waals surface area contributed by atoms with E-state index in [1.807, 2.05) is 30.3 Å². The van der Waals surface area contributed by atoms with Crippen molar-refractivity contribution in [3.63, 3.8) is 0 Å². The van der Waals surface area contributed by atoms with Gasteiger partial charge in [-0.05, 0) is 12.3 Å². The molecule has 18 heavy (non-hydrogen) atoms. The fourth-order valence-corrected chi connectivity index (χ4v) is 2.60. The van der Waals surface area contributed by atoms with Crippen molar-refractivity contribution >= 4 is 22.7 Å². The second-order valence-corrected chi connectivity index (χ2v) is 6.06. The van der Waals surface area contributed by atoms with Gasteiger partial charge in [0.2, 0.25) is 0 Å². The van der Waals surface area contributed by atoms with Crippen molar-refractivity contribution in [2.24, 2.45) is 11.8 Å². The lowest BCUT2D eigenvalue weighted by atomic mass is 9.91. The summed E-state index contributed by atoms with van der Waals surface area (Å²) in [5, 5.41) is 0.0737. The molecule has 0 aliphatic heterocycles. The molecule has 0 saturated carbocycles. The summed E-state index contributed by atoms with van der Waals surface area (Å²) in [6.07, 6.45) is 0.827. The average molecular weight is 264 g/mol. The highest BCUT2D eigenvalue weighted by atomic mass is 32.2. The van der Waals surface area contributed by atoms with Gasteiger partial charge in [0, 0.05) is 24.2 Å². The minimum Gasteiger partial charge on any atom is -0.294 e. The monoisotopic (exact) mass is 264 g/mol. The summed E-state index contributed by atoms with van der Waals surface area (Å²) in [6, 6.07) is 9.33. The first kappa shape index (κ1) is 15.0. The van der Waals surface area contributed by atoms with Crippen molar-refractivity contribution in [2.75, 3.05) is 5.75 Å². The molecule has 0 heterocycles. The highest BCUT2D eigenvalue weighted by Crippen LogP contribution is 2.22. The highest BCUT2D eigenvalue weighted by Gasteiger charge is 2.21. The Morgan fingerprint density at radius 3 is 2.28 bits per heavy atom. The standard InChI is InChI=1S/C15H20O2S/c1-11(2)9-14(10-18-12(3)16)15(17)13-7-5-4-6-8-13/h4-8,11,14H,9-10H2,1-3H3. The Bertz CT molecular complexity index is 398. The van der Waals surface area contributed by atoms with Crippen LogP contribution in [0.1, 0.15) is 37.6 Å². The smallest absolute Gasteiger partial charge is 0.185 e. The van der Waals surface area contributed by atoms with E-state index in [1.54, 1.807) is 6.92 Å². The molecule has 0 aliphatic rings. The highest BCUT2D eigenvalue weighted by molar-refractivity contribution is 8.13. The minimum atomic E-state index is -0.0682. The number of carbonyl (C=O) groups excluding carboxylic acids is 2. The van der Waals surface area contributed by atoms with Crippen LogP contribution in [0, 0.1) is 11.8 Å². The second-order valence-electron chi connectivity index (χ2n) is 4.86. The van der Waals surface area contributed by atoms with Crippen LogP contribution in [0.2, 0.25) is 0 Å². The van der Waals surface area contributed by atoms with Gasteiger partial charge in [0.1, 0.15) is 0 Å². The van der Waals surface area contributed by atoms with Crippen molar-refractivity contribution in [2.45, 2.75) is 27.2 Å². The molecular weight excluding hydrogens is 244 g/mol. The number of thioether (sulfide) groups is 1. The van der Waals surface area contributed by atoms with E-state index in [2.05, 4.69) is 13.8 Å². The van der Waals surface area contributed by atoms with Gasteiger partial charge in [-0.3, -0.25) is 9.59 Å². The molecular formula is C15H20O2S. The average Bonchev–Trinajstić information content (AvgIpc) is 2.34. The van der Waals surface area contributed by atoms with Crippen LogP contribution in [-0.2, 0) is 4.79 Å². The fraction of sp³-hybridized carbons (Fsp3) is 0.467. The van der Waals surface area contributed by atoms with E-state index in [9.17, 15) is 9.59 Å². The van der Waals surface area contributed by atoms with Gasteiger partial charge >= 0.3 is 0 Å². The Morgan fingerprint density at radius 2 is 1.78 bits per heavy atom. The third kappa shape index (κ3) is 5.05. The molecule has 0 saturated heterocycles. The van der Waals surface area contributed by atoms with Gasteiger partial charge in [-0.1, -0.05) is 55.9 Å². The normalized spacial score (nSPS) is 12.4. The van der Waals surface area contributed by atoms with Crippen LogP contribution in [0.25, 0.3) is 0 Å². The van der Waals surface area contributed by atoms with E-state index in [0.29, 0.717) is 11.7 Å². The number of hydrogen-bond acceptors (Lipinski definition) is 3. The molecule has 0 spiro atoms. The number of Topliss-reactive ketones (excluding diaryl/α,β-unsaturated/α-hetero) is 1. The second kappa shape index (κ2) is 7.37.